The van der Waals surface area contributed by atoms with E-state index in [-0.39, 0.29) is 5.91 Å². The summed E-state index contributed by atoms with van der Waals surface area (Å²) in [5, 5.41) is 7.35. The molecule has 18 heavy (non-hydrogen) atoms. The van der Waals surface area contributed by atoms with Gasteiger partial charge in [0.15, 0.2) is 0 Å². The van der Waals surface area contributed by atoms with Crippen LogP contribution in [0, 0.1) is 5.92 Å². The second kappa shape index (κ2) is 6.41. The minimum absolute atomic E-state index is 0.117. The van der Waals surface area contributed by atoms with E-state index in [4.69, 9.17) is 23.2 Å². The number of hydrogen-bond acceptors (Lipinski definition) is 2. The Kier molecular flexibility index (Phi) is 4.87. The highest BCUT2D eigenvalue weighted by Crippen LogP contribution is 2.21. The molecule has 1 aliphatic heterocycles. The second-order valence-corrected chi connectivity index (χ2v) is 5.41. The third kappa shape index (κ3) is 3.87. The molecule has 3 nitrogen and oxygen atoms in total. The molecule has 0 radical (unpaired) electrons. The molecular formula is C13H16Cl2N2O. The molecule has 1 aliphatic rings. The van der Waals surface area contributed by atoms with Gasteiger partial charge >= 0.3 is 0 Å². The van der Waals surface area contributed by atoms with Crippen LogP contribution in [0.15, 0.2) is 18.2 Å². The topological polar surface area (TPSA) is 41.1 Å². The maximum absolute atomic E-state index is 11.6. The number of halogens is 2. The number of rotatable bonds is 5. The van der Waals surface area contributed by atoms with Crippen molar-refractivity contribution in [2.45, 2.75) is 12.8 Å². The highest BCUT2D eigenvalue weighted by Gasteiger charge is 2.19. The minimum atomic E-state index is 0.117. The van der Waals surface area contributed by atoms with Crippen molar-refractivity contribution in [3.8, 4) is 0 Å². The molecule has 0 aromatic heterocycles. The van der Waals surface area contributed by atoms with Gasteiger partial charge in [-0.15, -0.1) is 0 Å². The van der Waals surface area contributed by atoms with E-state index in [2.05, 4.69) is 10.6 Å². The molecule has 0 spiro atoms. The predicted molar refractivity (Wildman–Crippen MR) is 74.2 cm³/mol. The van der Waals surface area contributed by atoms with Crippen molar-refractivity contribution in [2.75, 3.05) is 19.6 Å². The van der Waals surface area contributed by atoms with Gasteiger partial charge in [0.05, 0.1) is 0 Å². The van der Waals surface area contributed by atoms with Crippen molar-refractivity contribution in [1.82, 2.24) is 10.6 Å². The lowest BCUT2D eigenvalue weighted by Gasteiger charge is -2.26. The Hall–Kier alpha value is -0.770. The lowest BCUT2D eigenvalue weighted by atomic mass is 9.99. The highest BCUT2D eigenvalue weighted by atomic mass is 35.5. The van der Waals surface area contributed by atoms with E-state index in [0.717, 1.165) is 25.1 Å². The quantitative estimate of drug-likeness (QED) is 0.872. The zero-order valence-corrected chi connectivity index (χ0v) is 11.5. The van der Waals surface area contributed by atoms with Gasteiger partial charge in [-0.25, -0.2) is 0 Å². The van der Waals surface area contributed by atoms with Gasteiger partial charge in [0.2, 0.25) is 5.91 Å². The number of carbonyl (C=O) groups excluding carboxylic acids is 1. The monoisotopic (exact) mass is 286 g/mol. The molecule has 1 fully saturated rings. The summed E-state index contributed by atoms with van der Waals surface area (Å²) in [4.78, 5) is 11.6. The number of carbonyl (C=O) groups is 1. The molecule has 2 N–H and O–H groups in total. The zero-order valence-electron chi connectivity index (χ0n) is 10.0. The van der Waals surface area contributed by atoms with E-state index < -0.39 is 0 Å². The average molecular weight is 287 g/mol. The van der Waals surface area contributed by atoms with Gasteiger partial charge in [-0.2, -0.15) is 0 Å². The molecule has 5 heteroatoms. The molecular weight excluding hydrogens is 271 g/mol. The molecule has 0 saturated carbocycles. The predicted octanol–water partition coefficient (Wildman–Crippen LogP) is 2.26. The van der Waals surface area contributed by atoms with Crippen molar-refractivity contribution in [3.05, 3.63) is 33.8 Å². The van der Waals surface area contributed by atoms with E-state index in [1.54, 1.807) is 6.07 Å². The lowest BCUT2D eigenvalue weighted by Crippen LogP contribution is -2.44. The van der Waals surface area contributed by atoms with Crippen LogP contribution in [0.25, 0.3) is 0 Å². The van der Waals surface area contributed by atoms with Crippen molar-refractivity contribution >= 4 is 29.1 Å². The normalized spacial score (nSPS) is 15.2. The second-order valence-electron chi connectivity index (χ2n) is 4.56. The number of amides is 1. The molecule has 1 saturated heterocycles. The summed E-state index contributed by atoms with van der Waals surface area (Å²) in [6.45, 7) is 2.52. The van der Waals surface area contributed by atoms with Crippen molar-refractivity contribution < 1.29 is 4.79 Å². The fraction of sp³-hybridized carbons (Fsp3) is 0.462. The summed E-state index contributed by atoms with van der Waals surface area (Å²) in [7, 11) is 0. The fourth-order valence-corrected chi connectivity index (χ4v) is 2.39. The van der Waals surface area contributed by atoms with E-state index in [1.807, 2.05) is 12.1 Å². The summed E-state index contributed by atoms with van der Waals surface area (Å²) < 4.78 is 0. The molecule has 98 valence electrons. The number of hydrogen-bond donors (Lipinski definition) is 2. The fourth-order valence-electron chi connectivity index (χ4n) is 1.89. The Bertz CT molecular complexity index is 433. The van der Waals surface area contributed by atoms with Crippen LogP contribution in [0.4, 0.5) is 0 Å². The molecule has 1 aromatic rings. The van der Waals surface area contributed by atoms with Gasteiger partial charge in [0, 0.05) is 23.0 Å². The number of nitrogens with one attached hydrogen (secondary N) is 2. The highest BCUT2D eigenvalue weighted by molar-refractivity contribution is 6.35. The summed E-state index contributed by atoms with van der Waals surface area (Å²) in [5.74, 6) is 0.621. The summed E-state index contributed by atoms with van der Waals surface area (Å²) >= 11 is 11.9. The van der Waals surface area contributed by atoms with Crippen molar-refractivity contribution in [3.63, 3.8) is 0 Å². The molecule has 0 atom stereocenters. The molecule has 0 bridgehead atoms. The van der Waals surface area contributed by atoms with Crippen LogP contribution in [-0.4, -0.2) is 25.5 Å². The van der Waals surface area contributed by atoms with E-state index >= 15 is 0 Å². The van der Waals surface area contributed by atoms with Crippen LogP contribution in [0.3, 0.4) is 0 Å². The van der Waals surface area contributed by atoms with Crippen LogP contribution >= 0.6 is 23.2 Å². The Labute approximate surface area is 117 Å². The maximum Gasteiger partial charge on any atom is 0.220 e. The van der Waals surface area contributed by atoms with Crippen LogP contribution in [0.1, 0.15) is 12.0 Å². The Morgan fingerprint density at radius 1 is 1.39 bits per heavy atom. The first kappa shape index (κ1) is 13.7. The van der Waals surface area contributed by atoms with Crippen LogP contribution in [0.5, 0.6) is 0 Å². The van der Waals surface area contributed by atoms with Crippen molar-refractivity contribution in [2.24, 2.45) is 5.92 Å². The first-order valence-electron chi connectivity index (χ1n) is 6.06. The van der Waals surface area contributed by atoms with E-state index in [1.165, 1.54) is 0 Å². The smallest absolute Gasteiger partial charge is 0.220 e. The molecule has 2 rings (SSSR count). The van der Waals surface area contributed by atoms with E-state index in [9.17, 15) is 4.79 Å². The minimum Gasteiger partial charge on any atom is -0.356 e. The summed E-state index contributed by atoms with van der Waals surface area (Å²) in [5.41, 5.74) is 1.01. The zero-order chi connectivity index (χ0) is 13.0. The summed E-state index contributed by atoms with van der Waals surface area (Å²) in [6, 6.07) is 5.43. The maximum atomic E-state index is 11.6. The van der Waals surface area contributed by atoms with Gasteiger partial charge in [-0.05, 0) is 43.1 Å². The average Bonchev–Trinajstić information content (AvgIpc) is 2.27. The number of benzene rings is 1. The van der Waals surface area contributed by atoms with Gasteiger partial charge in [-0.1, -0.05) is 29.3 Å². The van der Waals surface area contributed by atoms with Crippen LogP contribution < -0.4 is 10.6 Å². The van der Waals surface area contributed by atoms with Gasteiger partial charge in [0.1, 0.15) is 0 Å². The van der Waals surface area contributed by atoms with Crippen LogP contribution in [-0.2, 0) is 11.2 Å². The Morgan fingerprint density at radius 3 is 2.78 bits per heavy atom. The standard InChI is InChI=1S/C13H16Cl2N2O/c14-11-2-1-10(12(15)6-11)3-4-17-13(18)5-9-7-16-8-9/h1-2,6,9,16H,3-5,7-8H2,(H,17,18). The molecule has 1 amide bonds. The first-order valence-corrected chi connectivity index (χ1v) is 6.82. The lowest BCUT2D eigenvalue weighted by molar-refractivity contribution is -0.122. The van der Waals surface area contributed by atoms with Gasteiger partial charge < -0.3 is 10.6 Å². The SMILES string of the molecule is O=C(CC1CNC1)NCCc1ccc(Cl)cc1Cl. The third-order valence-corrected chi connectivity index (χ3v) is 3.66. The third-order valence-electron chi connectivity index (χ3n) is 3.07. The Balaban J connectivity index is 1.72. The largest absolute Gasteiger partial charge is 0.356 e. The Morgan fingerprint density at radius 2 is 2.17 bits per heavy atom. The van der Waals surface area contributed by atoms with Crippen molar-refractivity contribution in [1.29, 1.82) is 0 Å². The first-order chi connectivity index (χ1) is 8.65. The van der Waals surface area contributed by atoms with Gasteiger partial charge in [0.25, 0.3) is 0 Å². The van der Waals surface area contributed by atoms with E-state index in [0.29, 0.717) is 28.9 Å². The molecule has 1 heterocycles. The summed E-state index contributed by atoms with van der Waals surface area (Å²) in [6.07, 6.45) is 1.34. The van der Waals surface area contributed by atoms with Crippen LogP contribution in [0.2, 0.25) is 10.0 Å². The molecule has 0 unspecified atom stereocenters. The van der Waals surface area contributed by atoms with Gasteiger partial charge in [-0.3, -0.25) is 4.79 Å². The molecule has 1 aromatic carbocycles. The molecule has 0 aliphatic carbocycles.